The number of halogens is 1. The molecule has 0 saturated carbocycles. The number of pyridine rings is 1. The zero-order chi connectivity index (χ0) is 13.4. The molecular formula is C13H12FNO3. The Morgan fingerprint density at radius 3 is 2.67 bits per heavy atom. The summed E-state index contributed by atoms with van der Waals surface area (Å²) in [4.78, 5) is 23.2. The lowest BCUT2D eigenvalue weighted by atomic mass is 10.0. The van der Waals surface area contributed by atoms with Gasteiger partial charge in [0, 0.05) is 12.4 Å². The molecule has 2 rings (SSSR count). The van der Waals surface area contributed by atoms with E-state index in [-0.39, 0.29) is 5.56 Å². The van der Waals surface area contributed by atoms with Gasteiger partial charge in [0.05, 0.1) is 5.52 Å². The largest absolute Gasteiger partial charge is 0.477 e. The van der Waals surface area contributed by atoms with Crippen molar-refractivity contribution in [2.75, 3.05) is 0 Å². The summed E-state index contributed by atoms with van der Waals surface area (Å²) in [5.74, 6) is -1.73. The van der Waals surface area contributed by atoms with E-state index in [2.05, 4.69) is 0 Å². The van der Waals surface area contributed by atoms with Crippen LogP contribution in [0.3, 0.4) is 0 Å². The molecule has 0 atom stereocenters. The molecule has 4 nitrogen and oxygen atoms in total. The molecule has 0 bridgehead atoms. The van der Waals surface area contributed by atoms with Crippen molar-refractivity contribution < 1.29 is 14.3 Å². The Labute approximate surface area is 102 Å². The monoisotopic (exact) mass is 249 g/mol. The first-order valence-electron chi connectivity index (χ1n) is 5.51. The van der Waals surface area contributed by atoms with Crippen molar-refractivity contribution in [1.29, 1.82) is 0 Å². The molecule has 0 fully saturated rings. The third kappa shape index (κ3) is 1.68. The summed E-state index contributed by atoms with van der Waals surface area (Å²) >= 11 is 0. The van der Waals surface area contributed by atoms with Gasteiger partial charge in [-0.1, -0.05) is 6.92 Å². The van der Waals surface area contributed by atoms with Crippen molar-refractivity contribution in [2.24, 2.45) is 7.05 Å². The van der Waals surface area contributed by atoms with Gasteiger partial charge in [-0.15, -0.1) is 0 Å². The minimum absolute atomic E-state index is 0.280. The van der Waals surface area contributed by atoms with E-state index < -0.39 is 17.3 Å². The van der Waals surface area contributed by atoms with E-state index >= 15 is 0 Å². The topological polar surface area (TPSA) is 59.3 Å². The maximum Gasteiger partial charge on any atom is 0.341 e. The number of aromatic carboxylic acids is 1. The average molecular weight is 249 g/mol. The normalized spacial score (nSPS) is 10.8. The van der Waals surface area contributed by atoms with Crippen molar-refractivity contribution in [3.63, 3.8) is 0 Å². The van der Waals surface area contributed by atoms with E-state index in [1.165, 1.54) is 29.8 Å². The van der Waals surface area contributed by atoms with E-state index in [1.54, 1.807) is 6.92 Å². The fraction of sp³-hybridized carbons (Fsp3) is 0.231. The number of hydrogen-bond donors (Lipinski definition) is 1. The fourth-order valence-electron chi connectivity index (χ4n) is 2.17. The van der Waals surface area contributed by atoms with Crippen LogP contribution in [0.15, 0.2) is 23.0 Å². The lowest BCUT2D eigenvalue weighted by molar-refractivity contribution is 0.0693. The second-order valence-corrected chi connectivity index (χ2v) is 4.04. The number of nitrogens with zero attached hydrogens (tertiary/aromatic N) is 1. The van der Waals surface area contributed by atoms with Gasteiger partial charge in [-0.3, -0.25) is 4.79 Å². The van der Waals surface area contributed by atoms with Gasteiger partial charge in [0.1, 0.15) is 11.4 Å². The van der Waals surface area contributed by atoms with Crippen LogP contribution in [0, 0.1) is 5.82 Å². The van der Waals surface area contributed by atoms with E-state index in [9.17, 15) is 14.0 Å². The molecule has 0 aliphatic rings. The second-order valence-electron chi connectivity index (χ2n) is 4.04. The molecule has 1 aromatic heterocycles. The predicted molar refractivity (Wildman–Crippen MR) is 65.5 cm³/mol. The Morgan fingerprint density at radius 1 is 1.44 bits per heavy atom. The number of fused-ring (bicyclic) bond motifs is 1. The van der Waals surface area contributed by atoms with E-state index in [1.807, 2.05) is 0 Å². The highest BCUT2D eigenvalue weighted by Crippen LogP contribution is 2.21. The van der Waals surface area contributed by atoms with Crippen molar-refractivity contribution in [3.8, 4) is 0 Å². The van der Waals surface area contributed by atoms with Gasteiger partial charge >= 0.3 is 5.97 Å². The van der Waals surface area contributed by atoms with Crippen LogP contribution in [-0.2, 0) is 13.5 Å². The summed E-state index contributed by atoms with van der Waals surface area (Å²) in [5, 5.41) is 9.59. The number of carboxylic acids is 1. The molecule has 0 unspecified atom stereocenters. The van der Waals surface area contributed by atoms with Crippen LogP contribution in [0.1, 0.15) is 22.8 Å². The van der Waals surface area contributed by atoms with E-state index in [0.29, 0.717) is 22.9 Å². The average Bonchev–Trinajstić information content (AvgIpc) is 2.32. The standard InChI is InChI=1S/C13H12FNO3/c1-3-8-9-6-7(14)4-5-10(9)15(2)12(16)11(8)13(17)18/h4-6H,3H2,1-2H3,(H,17,18). The van der Waals surface area contributed by atoms with Crippen LogP contribution >= 0.6 is 0 Å². The third-order valence-corrected chi connectivity index (χ3v) is 3.03. The summed E-state index contributed by atoms with van der Waals surface area (Å²) < 4.78 is 14.5. The Hall–Kier alpha value is -2.17. The van der Waals surface area contributed by atoms with Crippen LogP contribution in [0.2, 0.25) is 0 Å². The molecular weight excluding hydrogens is 237 g/mol. The Morgan fingerprint density at radius 2 is 2.11 bits per heavy atom. The molecule has 2 aromatic rings. The summed E-state index contributed by atoms with van der Waals surface area (Å²) in [5.41, 5.74) is 0.0555. The summed E-state index contributed by atoms with van der Waals surface area (Å²) in [7, 11) is 1.48. The van der Waals surface area contributed by atoms with E-state index in [0.717, 1.165) is 0 Å². The molecule has 0 amide bonds. The van der Waals surface area contributed by atoms with E-state index in [4.69, 9.17) is 5.11 Å². The van der Waals surface area contributed by atoms with Crippen molar-refractivity contribution >= 4 is 16.9 Å². The minimum Gasteiger partial charge on any atom is -0.477 e. The number of aryl methyl sites for hydroxylation is 2. The van der Waals surface area contributed by atoms with Crippen LogP contribution in [-0.4, -0.2) is 15.6 Å². The van der Waals surface area contributed by atoms with Crippen LogP contribution in [0.4, 0.5) is 4.39 Å². The Bertz CT molecular complexity index is 703. The predicted octanol–water partition coefficient (Wildman–Crippen LogP) is 1.94. The van der Waals surface area contributed by atoms with Crippen LogP contribution in [0.25, 0.3) is 10.9 Å². The van der Waals surface area contributed by atoms with Crippen molar-refractivity contribution in [2.45, 2.75) is 13.3 Å². The molecule has 0 aliphatic heterocycles. The maximum atomic E-state index is 13.3. The molecule has 5 heteroatoms. The fourth-order valence-corrected chi connectivity index (χ4v) is 2.17. The molecule has 94 valence electrons. The van der Waals surface area contributed by atoms with Gasteiger partial charge in [-0.25, -0.2) is 9.18 Å². The molecule has 0 aliphatic carbocycles. The van der Waals surface area contributed by atoms with Crippen LogP contribution < -0.4 is 5.56 Å². The van der Waals surface area contributed by atoms with Gasteiger partial charge in [-0.2, -0.15) is 0 Å². The zero-order valence-electron chi connectivity index (χ0n) is 10.0. The molecule has 1 aromatic carbocycles. The second kappa shape index (κ2) is 4.25. The van der Waals surface area contributed by atoms with Gasteiger partial charge in [0.15, 0.2) is 0 Å². The smallest absolute Gasteiger partial charge is 0.341 e. The van der Waals surface area contributed by atoms with Gasteiger partial charge in [0.2, 0.25) is 0 Å². The van der Waals surface area contributed by atoms with Gasteiger partial charge < -0.3 is 9.67 Å². The molecule has 1 heterocycles. The number of aromatic nitrogens is 1. The highest BCUT2D eigenvalue weighted by molar-refractivity contribution is 5.96. The number of hydrogen-bond acceptors (Lipinski definition) is 2. The quantitative estimate of drug-likeness (QED) is 0.884. The first-order valence-corrected chi connectivity index (χ1v) is 5.51. The molecule has 18 heavy (non-hydrogen) atoms. The van der Waals surface area contributed by atoms with Crippen LogP contribution in [0.5, 0.6) is 0 Å². The number of carboxylic acid groups (broad SMARTS) is 1. The summed E-state index contributed by atoms with van der Waals surface area (Å²) in [6.45, 7) is 1.74. The zero-order valence-corrected chi connectivity index (χ0v) is 10.0. The highest BCUT2D eigenvalue weighted by atomic mass is 19.1. The maximum absolute atomic E-state index is 13.3. The van der Waals surface area contributed by atoms with Crippen molar-refractivity contribution in [1.82, 2.24) is 4.57 Å². The lowest BCUT2D eigenvalue weighted by Crippen LogP contribution is -2.27. The van der Waals surface area contributed by atoms with Gasteiger partial charge in [-0.05, 0) is 30.2 Å². The molecule has 1 N–H and O–H groups in total. The first-order chi connectivity index (χ1) is 8.47. The molecule has 0 radical (unpaired) electrons. The molecule has 0 saturated heterocycles. The molecule has 0 spiro atoms. The SMILES string of the molecule is CCc1c(C(=O)O)c(=O)n(C)c2ccc(F)cc12. The highest BCUT2D eigenvalue weighted by Gasteiger charge is 2.19. The number of benzene rings is 1. The Balaban J connectivity index is 3.07. The number of rotatable bonds is 2. The number of carbonyl (C=O) groups is 1. The first kappa shape index (κ1) is 12.3. The Kier molecular flexibility index (Phi) is 2.90. The van der Waals surface area contributed by atoms with Gasteiger partial charge in [0.25, 0.3) is 5.56 Å². The third-order valence-electron chi connectivity index (χ3n) is 3.03. The summed E-state index contributed by atoms with van der Waals surface area (Å²) in [6, 6.07) is 4.00. The van der Waals surface area contributed by atoms with Crippen molar-refractivity contribution in [3.05, 3.63) is 45.5 Å². The summed E-state index contributed by atoms with van der Waals surface area (Å²) in [6.07, 6.45) is 0.359. The minimum atomic E-state index is -1.28. The lowest BCUT2D eigenvalue weighted by Gasteiger charge is -2.12.